The predicted octanol–water partition coefficient (Wildman–Crippen LogP) is 3.53. The highest BCUT2D eigenvalue weighted by Crippen LogP contribution is 2.14. The Labute approximate surface area is 168 Å². The van der Waals surface area contributed by atoms with Crippen molar-refractivity contribution < 1.29 is 9.59 Å². The third kappa shape index (κ3) is 7.06. The molecule has 1 atom stereocenters. The molecule has 0 heterocycles. The van der Waals surface area contributed by atoms with Gasteiger partial charge >= 0.3 is 0 Å². The molecular weight excluding hydrogens is 350 g/mol. The average molecular weight is 382 g/mol. The van der Waals surface area contributed by atoms with Gasteiger partial charge in [-0.2, -0.15) is 0 Å². The fourth-order valence-corrected chi connectivity index (χ4v) is 2.98. The first-order valence-corrected chi connectivity index (χ1v) is 9.85. The number of rotatable bonds is 10. The van der Waals surface area contributed by atoms with E-state index < -0.39 is 6.04 Å². The van der Waals surface area contributed by atoms with Gasteiger partial charge in [-0.25, -0.2) is 0 Å². The second kappa shape index (κ2) is 11.1. The molecular formula is C23H31N3O2. The Kier molecular flexibility index (Phi) is 8.53. The molecule has 0 fully saturated rings. The molecule has 1 unspecified atom stereocenters. The van der Waals surface area contributed by atoms with Gasteiger partial charge in [-0.15, -0.1) is 0 Å². The molecule has 0 aliphatic heterocycles. The van der Waals surface area contributed by atoms with Crippen LogP contribution >= 0.6 is 0 Å². The summed E-state index contributed by atoms with van der Waals surface area (Å²) in [6, 6.07) is 18.9. The van der Waals surface area contributed by atoms with Crippen LogP contribution < -0.4 is 15.5 Å². The van der Waals surface area contributed by atoms with E-state index in [2.05, 4.69) is 27.7 Å². The van der Waals surface area contributed by atoms with Crippen molar-refractivity contribution in [2.24, 2.45) is 5.92 Å². The van der Waals surface area contributed by atoms with Gasteiger partial charge in [0.25, 0.3) is 0 Å². The Balaban J connectivity index is 1.88. The maximum Gasteiger partial charge on any atom is 0.247 e. The fraction of sp³-hybridized carbons (Fsp3) is 0.391. The van der Waals surface area contributed by atoms with Crippen LogP contribution in [0.2, 0.25) is 0 Å². The standard InChI is InChI=1S/C23H31N3O2/c1-18(2)17-21(27)25-22(19-11-6-4-7-12-19)23(28)24-15-10-16-26(3)20-13-8-5-9-14-20/h4-9,11-14,18,22H,10,15-17H2,1-3H3,(H,24,28)(H,25,27). The zero-order chi connectivity index (χ0) is 20.4. The Hall–Kier alpha value is -2.82. The first-order valence-electron chi connectivity index (χ1n) is 9.85. The lowest BCUT2D eigenvalue weighted by Crippen LogP contribution is -2.41. The third-order valence-corrected chi connectivity index (χ3v) is 4.46. The van der Waals surface area contributed by atoms with E-state index in [0.29, 0.717) is 13.0 Å². The monoisotopic (exact) mass is 381 g/mol. The van der Waals surface area contributed by atoms with Gasteiger partial charge in [-0.3, -0.25) is 9.59 Å². The summed E-state index contributed by atoms with van der Waals surface area (Å²) in [6.45, 7) is 5.36. The maximum absolute atomic E-state index is 12.7. The van der Waals surface area contributed by atoms with Gasteiger partial charge in [-0.05, 0) is 30.0 Å². The first-order chi connectivity index (χ1) is 13.5. The van der Waals surface area contributed by atoms with Crippen LogP contribution in [0.3, 0.4) is 0 Å². The summed E-state index contributed by atoms with van der Waals surface area (Å²) in [4.78, 5) is 27.1. The maximum atomic E-state index is 12.7. The molecule has 5 nitrogen and oxygen atoms in total. The molecule has 0 saturated carbocycles. The molecule has 2 aromatic rings. The number of benzene rings is 2. The van der Waals surface area contributed by atoms with E-state index in [-0.39, 0.29) is 17.7 Å². The third-order valence-electron chi connectivity index (χ3n) is 4.46. The largest absolute Gasteiger partial charge is 0.375 e. The van der Waals surface area contributed by atoms with Gasteiger partial charge in [0.05, 0.1) is 0 Å². The zero-order valence-corrected chi connectivity index (χ0v) is 17.0. The minimum absolute atomic E-state index is 0.109. The predicted molar refractivity (Wildman–Crippen MR) is 114 cm³/mol. The van der Waals surface area contributed by atoms with Gasteiger partial charge in [0.1, 0.15) is 6.04 Å². The van der Waals surface area contributed by atoms with Crippen molar-refractivity contribution in [2.75, 3.05) is 25.0 Å². The molecule has 2 N–H and O–H groups in total. The van der Waals surface area contributed by atoms with E-state index in [1.54, 1.807) is 0 Å². The Morgan fingerprint density at radius 3 is 2.18 bits per heavy atom. The van der Waals surface area contributed by atoms with Crippen molar-refractivity contribution in [2.45, 2.75) is 32.7 Å². The number of nitrogens with zero attached hydrogens (tertiary/aromatic N) is 1. The molecule has 0 aromatic heterocycles. The van der Waals surface area contributed by atoms with E-state index in [9.17, 15) is 9.59 Å². The van der Waals surface area contributed by atoms with Crippen molar-refractivity contribution in [1.29, 1.82) is 0 Å². The quantitative estimate of drug-likeness (QED) is 0.619. The van der Waals surface area contributed by atoms with Crippen LogP contribution in [0.5, 0.6) is 0 Å². The lowest BCUT2D eigenvalue weighted by atomic mass is 10.0. The van der Waals surface area contributed by atoms with Crippen molar-refractivity contribution in [3.63, 3.8) is 0 Å². The van der Waals surface area contributed by atoms with Gasteiger partial charge < -0.3 is 15.5 Å². The normalized spacial score (nSPS) is 11.7. The second-order valence-electron chi connectivity index (χ2n) is 7.41. The number of nitrogens with one attached hydrogen (secondary N) is 2. The summed E-state index contributed by atoms with van der Waals surface area (Å²) >= 11 is 0. The summed E-state index contributed by atoms with van der Waals surface area (Å²) in [7, 11) is 2.04. The lowest BCUT2D eigenvalue weighted by Gasteiger charge is -2.21. The van der Waals surface area contributed by atoms with Crippen LogP contribution in [-0.4, -0.2) is 32.0 Å². The smallest absolute Gasteiger partial charge is 0.247 e. The highest BCUT2D eigenvalue weighted by atomic mass is 16.2. The van der Waals surface area contributed by atoms with E-state index in [0.717, 1.165) is 24.2 Å². The van der Waals surface area contributed by atoms with Gasteiger partial charge in [0.2, 0.25) is 11.8 Å². The average Bonchev–Trinajstić information content (AvgIpc) is 2.70. The van der Waals surface area contributed by atoms with E-state index in [4.69, 9.17) is 0 Å². The van der Waals surface area contributed by atoms with Gasteiger partial charge in [-0.1, -0.05) is 62.4 Å². The minimum Gasteiger partial charge on any atom is -0.375 e. The SMILES string of the molecule is CC(C)CC(=O)NC(C(=O)NCCCN(C)c1ccccc1)c1ccccc1. The Bertz CT molecular complexity index is 732. The molecule has 0 bridgehead atoms. The summed E-state index contributed by atoms with van der Waals surface area (Å²) in [5.41, 5.74) is 1.94. The molecule has 0 radical (unpaired) electrons. The van der Waals surface area contributed by atoms with Crippen LogP contribution in [0.25, 0.3) is 0 Å². The lowest BCUT2D eigenvalue weighted by molar-refractivity contribution is -0.129. The Morgan fingerprint density at radius 2 is 1.57 bits per heavy atom. The molecule has 150 valence electrons. The second-order valence-corrected chi connectivity index (χ2v) is 7.41. The molecule has 5 heteroatoms. The van der Waals surface area contributed by atoms with Crippen LogP contribution in [0.1, 0.15) is 38.3 Å². The summed E-state index contributed by atoms with van der Waals surface area (Å²) in [5, 5.41) is 5.84. The number of hydrogen-bond donors (Lipinski definition) is 2. The zero-order valence-electron chi connectivity index (χ0n) is 17.0. The van der Waals surface area contributed by atoms with Crippen LogP contribution in [0, 0.1) is 5.92 Å². The first kappa shape index (κ1) is 21.5. The Morgan fingerprint density at radius 1 is 0.964 bits per heavy atom. The number of amides is 2. The highest BCUT2D eigenvalue weighted by molar-refractivity contribution is 5.88. The van der Waals surface area contributed by atoms with Crippen LogP contribution in [-0.2, 0) is 9.59 Å². The molecule has 0 spiro atoms. The van der Waals surface area contributed by atoms with E-state index >= 15 is 0 Å². The number of anilines is 1. The van der Waals surface area contributed by atoms with Crippen molar-refractivity contribution in [3.05, 3.63) is 66.2 Å². The van der Waals surface area contributed by atoms with Crippen molar-refractivity contribution in [1.82, 2.24) is 10.6 Å². The molecule has 2 aromatic carbocycles. The summed E-state index contributed by atoms with van der Waals surface area (Å²) in [6.07, 6.45) is 1.22. The van der Waals surface area contributed by atoms with Crippen LogP contribution in [0.15, 0.2) is 60.7 Å². The number of hydrogen-bond acceptors (Lipinski definition) is 3. The van der Waals surface area contributed by atoms with E-state index in [1.807, 2.05) is 69.4 Å². The number of carbonyl (C=O) groups excluding carboxylic acids is 2. The molecule has 2 amide bonds. The van der Waals surface area contributed by atoms with Crippen molar-refractivity contribution in [3.8, 4) is 0 Å². The fourth-order valence-electron chi connectivity index (χ4n) is 2.98. The molecule has 2 rings (SSSR count). The number of carbonyl (C=O) groups is 2. The molecule has 0 saturated heterocycles. The van der Waals surface area contributed by atoms with Crippen molar-refractivity contribution >= 4 is 17.5 Å². The molecule has 28 heavy (non-hydrogen) atoms. The van der Waals surface area contributed by atoms with Gasteiger partial charge in [0.15, 0.2) is 0 Å². The summed E-state index contributed by atoms with van der Waals surface area (Å²) in [5.74, 6) is -0.0403. The summed E-state index contributed by atoms with van der Waals surface area (Å²) < 4.78 is 0. The minimum atomic E-state index is -0.667. The number of para-hydroxylation sites is 1. The highest BCUT2D eigenvalue weighted by Gasteiger charge is 2.22. The molecule has 0 aliphatic carbocycles. The van der Waals surface area contributed by atoms with Gasteiger partial charge in [0, 0.05) is 32.2 Å². The van der Waals surface area contributed by atoms with Crippen LogP contribution in [0.4, 0.5) is 5.69 Å². The molecule has 0 aliphatic rings. The van der Waals surface area contributed by atoms with E-state index in [1.165, 1.54) is 0 Å². The topological polar surface area (TPSA) is 61.4 Å².